The first-order valence-electron chi connectivity index (χ1n) is 7.71. The number of aromatic nitrogens is 4. The van der Waals surface area contributed by atoms with Gasteiger partial charge in [0, 0.05) is 0 Å². The Labute approximate surface area is 148 Å². The number of methoxy groups -OCH3 is 1. The van der Waals surface area contributed by atoms with Crippen LogP contribution in [-0.4, -0.2) is 38.1 Å². The van der Waals surface area contributed by atoms with Gasteiger partial charge in [-0.15, -0.1) is 0 Å². The van der Waals surface area contributed by atoms with Gasteiger partial charge >= 0.3 is 5.97 Å². The molecule has 8 heteroatoms. The normalized spacial score (nSPS) is 12.3. The Morgan fingerprint density at radius 3 is 2.76 bits per heavy atom. The highest BCUT2D eigenvalue weighted by Crippen LogP contribution is 2.22. The Morgan fingerprint density at radius 2 is 2.08 bits per heavy atom. The van der Waals surface area contributed by atoms with Crippen LogP contribution in [0.15, 0.2) is 34.3 Å². The van der Waals surface area contributed by atoms with Gasteiger partial charge in [-0.2, -0.15) is 5.10 Å². The molecule has 3 aromatic rings. The first kappa shape index (κ1) is 17.2. The summed E-state index contributed by atoms with van der Waals surface area (Å²) >= 11 is 1.14. The smallest absolute Gasteiger partial charge is 0.318 e. The van der Waals surface area contributed by atoms with E-state index < -0.39 is 5.25 Å². The summed E-state index contributed by atoms with van der Waals surface area (Å²) in [5.74, 6) is -0.379. The topological polar surface area (TPSA) is 89.9 Å². The van der Waals surface area contributed by atoms with Crippen LogP contribution in [0.2, 0.25) is 0 Å². The van der Waals surface area contributed by atoms with Gasteiger partial charge < -0.3 is 9.72 Å². The van der Waals surface area contributed by atoms with Crippen LogP contribution in [0.5, 0.6) is 0 Å². The number of carbonyl (C=O) groups excluding carboxylic acids is 1. The molecule has 0 amide bonds. The number of rotatable bonds is 4. The number of esters is 1. The predicted octanol–water partition coefficient (Wildman–Crippen LogP) is 2.38. The second-order valence-electron chi connectivity index (χ2n) is 5.72. The summed E-state index contributed by atoms with van der Waals surface area (Å²) < 4.78 is 6.34. The molecule has 2 heterocycles. The van der Waals surface area contributed by atoms with Crippen LogP contribution in [0.3, 0.4) is 0 Å². The van der Waals surface area contributed by atoms with Crippen LogP contribution in [0.25, 0.3) is 16.7 Å². The van der Waals surface area contributed by atoms with E-state index in [0.717, 1.165) is 23.0 Å². The van der Waals surface area contributed by atoms with Crippen LogP contribution in [0.4, 0.5) is 0 Å². The van der Waals surface area contributed by atoms with E-state index >= 15 is 0 Å². The average molecular weight is 358 g/mol. The molecule has 25 heavy (non-hydrogen) atoms. The molecular weight excluding hydrogens is 340 g/mol. The standard InChI is InChI=1S/C17H18N4O3S/c1-9-5-6-12(7-10(9)2)21-14-13(8-18-21)15(22)20-17(19-14)25-11(3)16(23)24-4/h5-8,11H,1-4H3,(H,19,20,22). The molecule has 1 unspecified atom stereocenters. The van der Waals surface area contributed by atoms with Crippen molar-refractivity contribution in [2.24, 2.45) is 0 Å². The summed E-state index contributed by atoms with van der Waals surface area (Å²) in [6.07, 6.45) is 1.49. The number of benzene rings is 1. The largest absolute Gasteiger partial charge is 0.468 e. The van der Waals surface area contributed by atoms with E-state index in [1.54, 1.807) is 11.6 Å². The third-order valence-electron chi connectivity index (χ3n) is 3.97. The minimum atomic E-state index is -0.483. The van der Waals surface area contributed by atoms with E-state index in [2.05, 4.69) is 15.1 Å². The quantitative estimate of drug-likeness (QED) is 0.437. The number of hydrogen-bond donors (Lipinski definition) is 1. The Bertz CT molecular complexity index is 1010. The molecule has 0 spiro atoms. The lowest BCUT2D eigenvalue weighted by molar-refractivity contribution is -0.139. The SMILES string of the molecule is COC(=O)C(C)Sc1nc2c(cnn2-c2ccc(C)c(C)c2)c(=O)[nH]1. The molecule has 0 saturated heterocycles. The molecule has 1 atom stereocenters. The summed E-state index contributed by atoms with van der Waals surface area (Å²) in [5.41, 5.74) is 3.29. The number of ether oxygens (including phenoxy) is 1. The van der Waals surface area contributed by atoms with Crippen molar-refractivity contribution < 1.29 is 9.53 Å². The number of nitrogens with zero attached hydrogens (tertiary/aromatic N) is 3. The molecule has 0 bridgehead atoms. The Kier molecular flexibility index (Phi) is 4.63. The first-order chi connectivity index (χ1) is 11.9. The zero-order valence-corrected chi connectivity index (χ0v) is 15.2. The minimum absolute atomic E-state index is 0.292. The van der Waals surface area contributed by atoms with E-state index in [9.17, 15) is 9.59 Å². The van der Waals surface area contributed by atoms with Crippen molar-refractivity contribution in [1.29, 1.82) is 0 Å². The number of aryl methyl sites for hydroxylation is 2. The van der Waals surface area contributed by atoms with Crippen molar-refractivity contribution in [3.8, 4) is 5.69 Å². The molecule has 7 nitrogen and oxygen atoms in total. The van der Waals surface area contributed by atoms with Crippen LogP contribution in [0, 0.1) is 13.8 Å². The number of aromatic amines is 1. The monoisotopic (exact) mass is 358 g/mol. The van der Waals surface area contributed by atoms with Crippen LogP contribution in [-0.2, 0) is 9.53 Å². The summed E-state index contributed by atoms with van der Waals surface area (Å²) in [5, 5.41) is 4.56. The van der Waals surface area contributed by atoms with Gasteiger partial charge in [0.15, 0.2) is 10.8 Å². The molecule has 0 fully saturated rings. The van der Waals surface area contributed by atoms with Gasteiger partial charge in [0.25, 0.3) is 5.56 Å². The van der Waals surface area contributed by atoms with Gasteiger partial charge in [-0.25, -0.2) is 9.67 Å². The number of fused-ring (bicyclic) bond motifs is 1. The molecule has 2 aromatic heterocycles. The fourth-order valence-electron chi connectivity index (χ4n) is 2.38. The van der Waals surface area contributed by atoms with E-state index in [4.69, 9.17) is 4.74 Å². The highest BCUT2D eigenvalue weighted by atomic mass is 32.2. The zero-order valence-electron chi connectivity index (χ0n) is 14.4. The van der Waals surface area contributed by atoms with Crippen molar-refractivity contribution in [2.45, 2.75) is 31.2 Å². The van der Waals surface area contributed by atoms with Gasteiger partial charge in [0.05, 0.1) is 19.0 Å². The lowest BCUT2D eigenvalue weighted by atomic mass is 10.1. The number of nitrogens with one attached hydrogen (secondary N) is 1. The second kappa shape index (κ2) is 6.72. The fraction of sp³-hybridized carbons (Fsp3) is 0.294. The lowest BCUT2D eigenvalue weighted by Gasteiger charge is -2.09. The summed E-state index contributed by atoms with van der Waals surface area (Å²) in [6, 6.07) is 5.93. The molecule has 0 saturated carbocycles. The number of H-pyrrole nitrogens is 1. The van der Waals surface area contributed by atoms with Crippen molar-refractivity contribution in [3.63, 3.8) is 0 Å². The van der Waals surface area contributed by atoms with Crippen molar-refractivity contribution in [1.82, 2.24) is 19.7 Å². The van der Waals surface area contributed by atoms with E-state index in [-0.39, 0.29) is 11.5 Å². The van der Waals surface area contributed by atoms with Gasteiger partial charge in [0.2, 0.25) is 0 Å². The maximum atomic E-state index is 12.3. The van der Waals surface area contributed by atoms with E-state index in [1.165, 1.54) is 18.9 Å². The summed E-state index contributed by atoms with van der Waals surface area (Å²) in [4.78, 5) is 31.1. The number of thioether (sulfide) groups is 1. The average Bonchev–Trinajstić information content (AvgIpc) is 3.01. The minimum Gasteiger partial charge on any atom is -0.468 e. The van der Waals surface area contributed by atoms with E-state index in [0.29, 0.717) is 16.2 Å². The molecule has 130 valence electrons. The van der Waals surface area contributed by atoms with Crippen LogP contribution >= 0.6 is 11.8 Å². The Hall–Kier alpha value is -2.61. The van der Waals surface area contributed by atoms with Gasteiger partial charge in [-0.1, -0.05) is 17.8 Å². The molecule has 1 N–H and O–H groups in total. The lowest BCUT2D eigenvalue weighted by Crippen LogP contribution is -2.17. The molecule has 0 aliphatic rings. The van der Waals surface area contributed by atoms with E-state index in [1.807, 2.05) is 32.0 Å². The van der Waals surface area contributed by atoms with Gasteiger partial charge in [0.1, 0.15) is 10.6 Å². The summed E-state index contributed by atoms with van der Waals surface area (Å²) in [7, 11) is 1.33. The Morgan fingerprint density at radius 1 is 1.32 bits per heavy atom. The van der Waals surface area contributed by atoms with Crippen LogP contribution < -0.4 is 5.56 Å². The molecular formula is C17H18N4O3S. The molecule has 1 aromatic carbocycles. The van der Waals surface area contributed by atoms with Crippen LogP contribution in [0.1, 0.15) is 18.1 Å². The maximum Gasteiger partial charge on any atom is 0.318 e. The molecule has 0 aliphatic carbocycles. The number of carbonyl (C=O) groups is 1. The zero-order chi connectivity index (χ0) is 18.1. The Balaban J connectivity index is 2.08. The highest BCUT2D eigenvalue weighted by Gasteiger charge is 2.18. The molecule has 0 aliphatic heterocycles. The van der Waals surface area contributed by atoms with Crippen molar-refractivity contribution in [2.75, 3.05) is 7.11 Å². The summed E-state index contributed by atoms with van der Waals surface area (Å²) in [6.45, 7) is 5.75. The maximum absolute atomic E-state index is 12.3. The third kappa shape index (κ3) is 3.30. The number of hydrogen-bond acceptors (Lipinski definition) is 6. The second-order valence-corrected chi connectivity index (χ2v) is 7.05. The molecule has 3 rings (SSSR count). The molecule has 0 radical (unpaired) electrons. The van der Waals surface area contributed by atoms with Crippen molar-refractivity contribution in [3.05, 3.63) is 45.9 Å². The van der Waals surface area contributed by atoms with Gasteiger partial charge in [-0.3, -0.25) is 9.59 Å². The van der Waals surface area contributed by atoms with Gasteiger partial charge in [-0.05, 0) is 44.0 Å². The first-order valence-corrected chi connectivity index (χ1v) is 8.59. The fourth-order valence-corrected chi connectivity index (χ4v) is 3.20. The highest BCUT2D eigenvalue weighted by molar-refractivity contribution is 8.00. The third-order valence-corrected chi connectivity index (χ3v) is 4.94. The predicted molar refractivity (Wildman–Crippen MR) is 96.3 cm³/mol. The van der Waals surface area contributed by atoms with Crippen molar-refractivity contribution >= 4 is 28.8 Å².